The van der Waals surface area contributed by atoms with Gasteiger partial charge in [-0.15, -0.1) is 0 Å². The molecule has 0 N–H and O–H groups in total. The number of ketones is 1. The van der Waals surface area contributed by atoms with Gasteiger partial charge in [-0.3, -0.25) is 4.79 Å². The molecule has 0 aliphatic rings. The first-order valence-electron chi connectivity index (χ1n) is 5.80. The van der Waals surface area contributed by atoms with Gasteiger partial charge in [-0.1, -0.05) is 12.1 Å². The highest BCUT2D eigenvalue weighted by Gasteiger charge is 2.07. The van der Waals surface area contributed by atoms with Crippen LogP contribution < -0.4 is 0 Å². The molecule has 2 aromatic rings. The molecule has 0 fully saturated rings. The zero-order valence-corrected chi connectivity index (χ0v) is 10.1. The van der Waals surface area contributed by atoms with Crippen LogP contribution in [0.3, 0.4) is 0 Å². The first-order valence-corrected chi connectivity index (χ1v) is 5.80. The van der Waals surface area contributed by atoms with Gasteiger partial charge in [0.1, 0.15) is 0 Å². The molecule has 90 valence electrons. The normalized spacial score (nSPS) is 10.7. The van der Waals surface area contributed by atoms with Gasteiger partial charge in [0.05, 0.1) is 12.2 Å². The highest BCUT2D eigenvalue weighted by molar-refractivity contribution is 5.95. The Morgan fingerprint density at radius 3 is 3.00 bits per heavy atom. The Balaban J connectivity index is 2.06. The summed E-state index contributed by atoms with van der Waals surface area (Å²) in [6, 6.07) is 3.74. The molecule has 0 radical (unpaired) electrons. The Morgan fingerprint density at radius 1 is 1.53 bits per heavy atom. The molecule has 0 spiro atoms. The first kappa shape index (κ1) is 11.6. The molecule has 0 aliphatic carbocycles. The van der Waals surface area contributed by atoms with Crippen molar-refractivity contribution in [3.63, 3.8) is 0 Å². The lowest BCUT2D eigenvalue weighted by atomic mass is 10.1. The van der Waals surface area contributed by atoms with Gasteiger partial charge in [0, 0.05) is 30.4 Å². The van der Waals surface area contributed by atoms with Gasteiger partial charge in [0.25, 0.3) is 0 Å². The Labute approximate surface area is 100 Å². The third kappa shape index (κ3) is 2.84. The Hall–Kier alpha value is -1.84. The van der Waals surface area contributed by atoms with Crippen LogP contribution in [0, 0.1) is 6.92 Å². The summed E-state index contributed by atoms with van der Waals surface area (Å²) in [5, 5.41) is 3.83. The van der Waals surface area contributed by atoms with E-state index in [1.165, 1.54) is 0 Å². The van der Waals surface area contributed by atoms with E-state index in [0.29, 0.717) is 13.0 Å². The van der Waals surface area contributed by atoms with Crippen LogP contribution in [0.15, 0.2) is 29.0 Å². The second kappa shape index (κ2) is 4.99. The van der Waals surface area contributed by atoms with Crippen LogP contribution in [0.1, 0.15) is 41.6 Å². The van der Waals surface area contributed by atoms with Crippen molar-refractivity contribution in [1.29, 1.82) is 0 Å². The van der Waals surface area contributed by atoms with Crippen LogP contribution in [0.5, 0.6) is 0 Å². The van der Waals surface area contributed by atoms with Gasteiger partial charge >= 0.3 is 0 Å². The molecule has 4 nitrogen and oxygen atoms in total. The van der Waals surface area contributed by atoms with Crippen molar-refractivity contribution in [3.05, 3.63) is 41.5 Å². The number of rotatable bonds is 5. The van der Waals surface area contributed by atoms with Crippen molar-refractivity contribution in [1.82, 2.24) is 9.72 Å². The fourth-order valence-corrected chi connectivity index (χ4v) is 1.75. The zero-order valence-electron chi connectivity index (χ0n) is 10.1. The van der Waals surface area contributed by atoms with E-state index in [4.69, 9.17) is 4.52 Å². The third-order valence-corrected chi connectivity index (χ3v) is 2.56. The topological polar surface area (TPSA) is 48.0 Å². The molecule has 0 saturated heterocycles. The molecule has 2 aromatic heterocycles. The molecular formula is C13H16N2O2. The molecule has 0 atom stereocenters. The summed E-state index contributed by atoms with van der Waals surface area (Å²) in [4.78, 5) is 11.7. The molecule has 0 unspecified atom stereocenters. The van der Waals surface area contributed by atoms with E-state index in [2.05, 4.69) is 5.16 Å². The highest BCUT2D eigenvalue weighted by atomic mass is 16.5. The highest BCUT2D eigenvalue weighted by Crippen LogP contribution is 2.10. The Morgan fingerprint density at radius 2 is 2.35 bits per heavy atom. The third-order valence-electron chi connectivity index (χ3n) is 2.56. The lowest BCUT2D eigenvalue weighted by Gasteiger charge is -1.97. The predicted octanol–water partition coefficient (Wildman–Crippen LogP) is 2.82. The SMILES string of the molecule is CCCC(=O)c1ccn(Cc2cc(C)no2)c1. The zero-order chi connectivity index (χ0) is 12.3. The minimum atomic E-state index is 0.194. The van der Waals surface area contributed by atoms with Crippen molar-refractivity contribution in [3.8, 4) is 0 Å². The fraction of sp³-hybridized carbons (Fsp3) is 0.385. The predicted molar refractivity (Wildman–Crippen MR) is 64.0 cm³/mol. The van der Waals surface area contributed by atoms with Crippen molar-refractivity contribution in [2.45, 2.75) is 33.2 Å². The number of aryl methyl sites for hydroxylation is 1. The van der Waals surface area contributed by atoms with Crippen molar-refractivity contribution >= 4 is 5.78 Å². The lowest BCUT2D eigenvalue weighted by Crippen LogP contribution is -1.98. The average Bonchev–Trinajstić information content (AvgIpc) is 2.89. The summed E-state index contributed by atoms with van der Waals surface area (Å²) in [7, 11) is 0. The number of nitrogens with zero attached hydrogens (tertiary/aromatic N) is 2. The molecular weight excluding hydrogens is 216 g/mol. The first-order chi connectivity index (χ1) is 8.19. The van der Waals surface area contributed by atoms with Crippen molar-refractivity contribution < 1.29 is 9.32 Å². The van der Waals surface area contributed by atoms with E-state index in [9.17, 15) is 4.79 Å². The molecule has 0 saturated carbocycles. The van der Waals surface area contributed by atoms with Crippen LogP contribution in [0.4, 0.5) is 0 Å². The van der Waals surface area contributed by atoms with Crippen molar-refractivity contribution in [2.24, 2.45) is 0 Å². The number of Topliss-reactive ketones (excluding diaryl/α,β-unsaturated/α-hetero) is 1. The maximum Gasteiger partial charge on any atom is 0.164 e. The second-order valence-electron chi connectivity index (χ2n) is 4.18. The van der Waals surface area contributed by atoms with E-state index >= 15 is 0 Å². The molecule has 4 heteroatoms. The largest absolute Gasteiger partial charge is 0.359 e. The summed E-state index contributed by atoms with van der Waals surface area (Å²) in [5.74, 6) is 0.993. The number of carbonyl (C=O) groups excluding carboxylic acids is 1. The number of carbonyl (C=O) groups is 1. The second-order valence-corrected chi connectivity index (χ2v) is 4.18. The van der Waals surface area contributed by atoms with E-state index in [0.717, 1.165) is 23.4 Å². The minimum Gasteiger partial charge on any atom is -0.359 e. The molecule has 2 heterocycles. The molecule has 17 heavy (non-hydrogen) atoms. The molecule has 0 bridgehead atoms. The van der Waals surface area contributed by atoms with E-state index in [-0.39, 0.29) is 5.78 Å². The summed E-state index contributed by atoms with van der Waals surface area (Å²) in [6.07, 6.45) is 5.23. The summed E-state index contributed by atoms with van der Waals surface area (Å²) in [6.45, 7) is 4.51. The quantitative estimate of drug-likeness (QED) is 0.745. The summed E-state index contributed by atoms with van der Waals surface area (Å²) < 4.78 is 7.06. The fourth-order valence-electron chi connectivity index (χ4n) is 1.75. The van der Waals surface area contributed by atoms with Crippen LogP contribution in [-0.2, 0) is 6.54 Å². The van der Waals surface area contributed by atoms with Crippen molar-refractivity contribution in [2.75, 3.05) is 0 Å². The van der Waals surface area contributed by atoms with Crippen LogP contribution >= 0.6 is 0 Å². The van der Waals surface area contributed by atoms with E-state index in [1.54, 1.807) is 0 Å². The van der Waals surface area contributed by atoms with Crippen LogP contribution in [0.25, 0.3) is 0 Å². The number of hydrogen-bond donors (Lipinski definition) is 0. The van der Waals surface area contributed by atoms with Gasteiger partial charge < -0.3 is 9.09 Å². The van der Waals surface area contributed by atoms with Gasteiger partial charge in [-0.05, 0) is 19.4 Å². The summed E-state index contributed by atoms with van der Waals surface area (Å²) >= 11 is 0. The van der Waals surface area contributed by atoms with Gasteiger partial charge in [0.15, 0.2) is 11.5 Å². The van der Waals surface area contributed by atoms with Gasteiger partial charge in [0.2, 0.25) is 0 Å². The minimum absolute atomic E-state index is 0.194. The van der Waals surface area contributed by atoms with Crippen LogP contribution in [0.2, 0.25) is 0 Å². The average molecular weight is 232 g/mol. The molecule has 0 aliphatic heterocycles. The maximum absolute atomic E-state index is 11.7. The summed E-state index contributed by atoms with van der Waals surface area (Å²) in [5.41, 5.74) is 1.64. The van der Waals surface area contributed by atoms with Gasteiger partial charge in [-0.25, -0.2) is 0 Å². The van der Waals surface area contributed by atoms with Gasteiger partial charge in [-0.2, -0.15) is 0 Å². The lowest BCUT2D eigenvalue weighted by molar-refractivity contribution is 0.0981. The Bertz CT molecular complexity index is 511. The molecule has 2 rings (SSSR count). The monoisotopic (exact) mass is 232 g/mol. The Kier molecular flexibility index (Phi) is 3.42. The number of hydrogen-bond acceptors (Lipinski definition) is 3. The molecule has 0 amide bonds. The standard InChI is InChI=1S/C13H16N2O2/c1-3-4-13(16)11-5-6-15(8-11)9-12-7-10(2)14-17-12/h5-8H,3-4,9H2,1-2H3. The molecule has 0 aromatic carbocycles. The van der Waals surface area contributed by atoms with E-state index < -0.39 is 0 Å². The van der Waals surface area contributed by atoms with Crippen LogP contribution in [-0.4, -0.2) is 15.5 Å². The van der Waals surface area contributed by atoms with E-state index in [1.807, 2.05) is 42.9 Å². The maximum atomic E-state index is 11.7. The smallest absolute Gasteiger partial charge is 0.164 e. The number of aromatic nitrogens is 2.